The summed E-state index contributed by atoms with van der Waals surface area (Å²) in [4.78, 5) is 0. The molecule has 0 bridgehead atoms. The molecule has 1 saturated carbocycles. The Balaban J connectivity index is 1.43. The molecular formula is C20H30O2. The first-order valence-electron chi connectivity index (χ1n) is 9.01. The van der Waals surface area contributed by atoms with E-state index < -0.39 is 6.29 Å². The zero-order chi connectivity index (χ0) is 15.5. The van der Waals surface area contributed by atoms with Gasteiger partial charge >= 0.3 is 0 Å². The molecule has 1 aromatic rings. The monoisotopic (exact) mass is 302 g/mol. The molecule has 2 unspecified atom stereocenters. The second-order valence-corrected chi connectivity index (χ2v) is 7.61. The van der Waals surface area contributed by atoms with E-state index in [0.29, 0.717) is 12.0 Å². The van der Waals surface area contributed by atoms with E-state index in [1.807, 2.05) is 0 Å². The van der Waals surface area contributed by atoms with Crippen LogP contribution >= 0.6 is 0 Å². The Bertz CT molecular complexity index is 458. The number of rotatable bonds is 6. The van der Waals surface area contributed by atoms with Crippen LogP contribution in [0.3, 0.4) is 0 Å². The maximum Gasteiger partial charge on any atom is 0.155 e. The fraction of sp³-hybridized carbons (Fsp3) is 0.700. The van der Waals surface area contributed by atoms with Crippen LogP contribution in [0.25, 0.3) is 0 Å². The molecule has 22 heavy (non-hydrogen) atoms. The lowest BCUT2D eigenvalue weighted by Gasteiger charge is -2.23. The molecule has 0 amide bonds. The van der Waals surface area contributed by atoms with Crippen LogP contribution in [0.15, 0.2) is 30.3 Å². The third kappa shape index (κ3) is 3.72. The zero-order valence-electron chi connectivity index (χ0n) is 13.9. The summed E-state index contributed by atoms with van der Waals surface area (Å²) in [5, 5.41) is 9.70. The molecular weight excluding hydrogens is 272 g/mol. The van der Waals surface area contributed by atoms with Gasteiger partial charge in [0.1, 0.15) is 0 Å². The highest BCUT2D eigenvalue weighted by molar-refractivity contribution is 5.14. The van der Waals surface area contributed by atoms with Gasteiger partial charge in [-0.25, -0.2) is 0 Å². The molecule has 2 fully saturated rings. The Morgan fingerprint density at radius 2 is 1.95 bits per heavy atom. The second kappa shape index (κ2) is 7.14. The van der Waals surface area contributed by atoms with Gasteiger partial charge in [-0.2, -0.15) is 0 Å². The van der Waals surface area contributed by atoms with Gasteiger partial charge in [0.2, 0.25) is 0 Å². The van der Waals surface area contributed by atoms with Gasteiger partial charge in [0.15, 0.2) is 6.29 Å². The van der Waals surface area contributed by atoms with Crippen LogP contribution in [0.5, 0.6) is 0 Å². The third-order valence-corrected chi connectivity index (χ3v) is 5.93. The van der Waals surface area contributed by atoms with Crippen molar-refractivity contribution in [2.75, 3.05) is 0 Å². The predicted molar refractivity (Wildman–Crippen MR) is 89.4 cm³/mol. The normalized spacial score (nSPS) is 35.5. The third-order valence-electron chi connectivity index (χ3n) is 5.93. The molecule has 1 aromatic carbocycles. The molecule has 1 aliphatic heterocycles. The SMILES string of the molecule is C[C@@H](CCc1ccccc1)CC[C@H]1[C@H](C)CC2OC(O)C[C@@H]21. The first-order valence-corrected chi connectivity index (χ1v) is 9.01. The van der Waals surface area contributed by atoms with Gasteiger partial charge < -0.3 is 9.84 Å². The second-order valence-electron chi connectivity index (χ2n) is 7.61. The maximum absolute atomic E-state index is 9.70. The molecule has 3 rings (SSSR count). The maximum atomic E-state index is 9.70. The van der Waals surface area contributed by atoms with E-state index in [9.17, 15) is 5.11 Å². The lowest BCUT2D eigenvalue weighted by Crippen LogP contribution is -2.17. The first kappa shape index (κ1) is 16.0. The summed E-state index contributed by atoms with van der Waals surface area (Å²) >= 11 is 0. The molecule has 2 heteroatoms. The van der Waals surface area contributed by atoms with Gasteiger partial charge in [-0.05, 0) is 54.9 Å². The van der Waals surface area contributed by atoms with Crippen molar-refractivity contribution in [1.29, 1.82) is 0 Å². The lowest BCUT2D eigenvalue weighted by molar-refractivity contribution is -0.0922. The molecule has 0 spiro atoms. The van der Waals surface area contributed by atoms with E-state index in [1.165, 1.54) is 31.2 Å². The van der Waals surface area contributed by atoms with Gasteiger partial charge in [-0.1, -0.05) is 50.6 Å². The van der Waals surface area contributed by atoms with Crippen molar-refractivity contribution in [3.8, 4) is 0 Å². The molecule has 0 radical (unpaired) electrons. The molecule has 1 aliphatic carbocycles. The number of benzene rings is 1. The standard InChI is InChI=1S/C20H30O2/c1-14(8-10-16-6-4-3-5-7-16)9-11-17-15(2)12-19-18(17)13-20(21)22-19/h3-7,14-15,17-21H,8-13H2,1-2H3/t14-,15+,17-,18+,19?,20?/m0/s1. The van der Waals surface area contributed by atoms with Crippen molar-refractivity contribution in [3.05, 3.63) is 35.9 Å². The number of aliphatic hydroxyl groups excluding tert-OH is 1. The van der Waals surface area contributed by atoms with Crippen molar-refractivity contribution in [3.63, 3.8) is 0 Å². The van der Waals surface area contributed by atoms with Crippen LogP contribution in [-0.4, -0.2) is 17.5 Å². The summed E-state index contributed by atoms with van der Waals surface area (Å²) in [6, 6.07) is 10.8. The molecule has 1 heterocycles. The first-order chi connectivity index (χ1) is 10.6. The van der Waals surface area contributed by atoms with Crippen molar-refractivity contribution in [2.24, 2.45) is 23.7 Å². The Hall–Kier alpha value is -0.860. The fourth-order valence-electron chi connectivity index (χ4n) is 4.56. The molecule has 2 aliphatic rings. The summed E-state index contributed by atoms with van der Waals surface area (Å²) in [6.07, 6.45) is 6.91. The fourth-order valence-corrected chi connectivity index (χ4v) is 4.56. The molecule has 1 N–H and O–H groups in total. The average molecular weight is 302 g/mol. The molecule has 6 atom stereocenters. The highest BCUT2D eigenvalue weighted by Gasteiger charge is 2.47. The van der Waals surface area contributed by atoms with E-state index in [1.54, 1.807) is 0 Å². The predicted octanol–water partition coefficient (Wildman–Crippen LogP) is 4.42. The molecule has 1 saturated heterocycles. The largest absolute Gasteiger partial charge is 0.368 e. The zero-order valence-corrected chi connectivity index (χ0v) is 13.9. The van der Waals surface area contributed by atoms with Crippen molar-refractivity contribution >= 4 is 0 Å². The van der Waals surface area contributed by atoms with Crippen LogP contribution in [0.4, 0.5) is 0 Å². The van der Waals surface area contributed by atoms with Crippen LogP contribution in [-0.2, 0) is 11.2 Å². The van der Waals surface area contributed by atoms with Crippen LogP contribution in [0.1, 0.15) is 51.5 Å². The number of hydrogen-bond acceptors (Lipinski definition) is 2. The smallest absolute Gasteiger partial charge is 0.155 e. The van der Waals surface area contributed by atoms with Crippen LogP contribution < -0.4 is 0 Å². The van der Waals surface area contributed by atoms with Crippen LogP contribution in [0.2, 0.25) is 0 Å². The topological polar surface area (TPSA) is 29.5 Å². The Morgan fingerprint density at radius 3 is 2.73 bits per heavy atom. The Morgan fingerprint density at radius 1 is 1.18 bits per heavy atom. The number of aryl methyl sites for hydroxylation is 1. The highest BCUT2D eigenvalue weighted by Crippen LogP contribution is 2.48. The summed E-state index contributed by atoms with van der Waals surface area (Å²) in [5.74, 6) is 2.88. The lowest BCUT2D eigenvalue weighted by atomic mass is 9.82. The molecule has 0 aromatic heterocycles. The summed E-state index contributed by atoms with van der Waals surface area (Å²) in [7, 11) is 0. The number of ether oxygens (including phenoxy) is 1. The average Bonchev–Trinajstić information content (AvgIpc) is 2.99. The Labute approximate surface area is 134 Å². The minimum Gasteiger partial charge on any atom is -0.368 e. The molecule has 122 valence electrons. The van der Waals surface area contributed by atoms with Gasteiger partial charge in [0.05, 0.1) is 6.10 Å². The quantitative estimate of drug-likeness (QED) is 0.843. The number of hydrogen-bond donors (Lipinski definition) is 1. The minimum atomic E-state index is -0.500. The number of aliphatic hydroxyl groups is 1. The van der Waals surface area contributed by atoms with Crippen molar-refractivity contribution in [2.45, 2.75) is 64.8 Å². The van der Waals surface area contributed by atoms with E-state index in [4.69, 9.17) is 4.74 Å². The van der Waals surface area contributed by atoms with Gasteiger partial charge in [-0.15, -0.1) is 0 Å². The summed E-state index contributed by atoms with van der Waals surface area (Å²) in [6.45, 7) is 4.76. The van der Waals surface area contributed by atoms with Gasteiger partial charge in [0.25, 0.3) is 0 Å². The molecule has 2 nitrogen and oxygen atoms in total. The summed E-state index contributed by atoms with van der Waals surface area (Å²) in [5.41, 5.74) is 1.45. The van der Waals surface area contributed by atoms with E-state index in [-0.39, 0.29) is 0 Å². The van der Waals surface area contributed by atoms with E-state index in [0.717, 1.165) is 30.6 Å². The number of fused-ring (bicyclic) bond motifs is 1. The van der Waals surface area contributed by atoms with Gasteiger partial charge in [-0.3, -0.25) is 0 Å². The van der Waals surface area contributed by atoms with Crippen LogP contribution in [0, 0.1) is 23.7 Å². The van der Waals surface area contributed by atoms with E-state index >= 15 is 0 Å². The highest BCUT2D eigenvalue weighted by atomic mass is 16.6. The summed E-state index contributed by atoms with van der Waals surface area (Å²) < 4.78 is 5.65. The minimum absolute atomic E-state index is 0.328. The van der Waals surface area contributed by atoms with Crippen molar-refractivity contribution < 1.29 is 9.84 Å². The van der Waals surface area contributed by atoms with E-state index in [2.05, 4.69) is 44.2 Å². The Kier molecular flexibility index (Phi) is 5.20. The van der Waals surface area contributed by atoms with Crippen molar-refractivity contribution in [1.82, 2.24) is 0 Å². The van der Waals surface area contributed by atoms with Gasteiger partial charge in [0, 0.05) is 6.42 Å².